The molecule has 1 saturated carbocycles. The molecule has 1 spiro atoms. The molecule has 16 heavy (non-hydrogen) atoms. The number of nitrogens with one attached hydrogen (secondary N) is 1. The quantitative estimate of drug-likeness (QED) is 0.793. The summed E-state index contributed by atoms with van der Waals surface area (Å²) in [6, 6.07) is 0.841. The largest absolute Gasteiger partial charge is 0.381 e. The van der Waals surface area contributed by atoms with Crippen LogP contribution in [0.25, 0.3) is 0 Å². The number of hydrogen-bond acceptors (Lipinski definition) is 3. The van der Waals surface area contributed by atoms with E-state index < -0.39 is 0 Å². The van der Waals surface area contributed by atoms with E-state index in [0.29, 0.717) is 0 Å². The van der Waals surface area contributed by atoms with Gasteiger partial charge < -0.3 is 14.8 Å². The highest BCUT2D eigenvalue weighted by molar-refractivity contribution is 4.91. The van der Waals surface area contributed by atoms with Gasteiger partial charge in [0.05, 0.1) is 5.60 Å². The molecule has 1 unspecified atom stereocenters. The SMILES string of the molecule is C1CC2(CCO1)CC(CNC1CC1)CCO2. The van der Waals surface area contributed by atoms with Crippen LogP contribution in [0.15, 0.2) is 0 Å². The second kappa shape index (κ2) is 4.63. The van der Waals surface area contributed by atoms with Crippen molar-refractivity contribution in [2.75, 3.05) is 26.4 Å². The molecule has 0 bridgehead atoms. The van der Waals surface area contributed by atoms with Gasteiger partial charge in [-0.25, -0.2) is 0 Å². The highest BCUT2D eigenvalue weighted by atomic mass is 16.5. The highest BCUT2D eigenvalue weighted by Gasteiger charge is 2.39. The van der Waals surface area contributed by atoms with Gasteiger partial charge >= 0.3 is 0 Å². The molecule has 3 aliphatic rings. The van der Waals surface area contributed by atoms with Gasteiger partial charge in [0.15, 0.2) is 0 Å². The van der Waals surface area contributed by atoms with Gasteiger partial charge in [-0.3, -0.25) is 0 Å². The number of hydrogen-bond donors (Lipinski definition) is 1. The zero-order valence-corrected chi connectivity index (χ0v) is 10.0. The molecule has 3 nitrogen and oxygen atoms in total. The molecule has 1 atom stereocenters. The fraction of sp³-hybridized carbons (Fsp3) is 1.00. The summed E-state index contributed by atoms with van der Waals surface area (Å²) in [5, 5.41) is 3.66. The average molecular weight is 225 g/mol. The molecule has 0 amide bonds. The normalized spacial score (nSPS) is 34.1. The molecule has 2 aliphatic heterocycles. The van der Waals surface area contributed by atoms with E-state index in [2.05, 4.69) is 5.32 Å². The van der Waals surface area contributed by atoms with Crippen LogP contribution in [0.2, 0.25) is 0 Å². The minimum absolute atomic E-state index is 0.173. The molecule has 92 valence electrons. The topological polar surface area (TPSA) is 30.5 Å². The predicted octanol–water partition coefficient (Wildman–Crippen LogP) is 1.71. The van der Waals surface area contributed by atoms with Crippen LogP contribution in [0.3, 0.4) is 0 Å². The fourth-order valence-corrected chi connectivity index (χ4v) is 3.02. The summed E-state index contributed by atoms with van der Waals surface area (Å²) in [6.45, 7) is 3.94. The van der Waals surface area contributed by atoms with Crippen molar-refractivity contribution in [2.45, 2.75) is 50.2 Å². The van der Waals surface area contributed by atoms with E-state index in [1.165, 1.54) is 32.2 Å². The average Bonchev–Trinajstić information content (AvgIpc) is 3.11. The van der Waals surface area contributed by atoms with Crippen molar-refractivity contribution < 1.29 is 9.47 Å². The van der Waals surface area contributed by atoms with Gasteiger partial charge in [0, 0.05) is 25.9 Å². The zero-order valence-electron chi connectivity index (χ0n) is 10.0. The summed E-state index contributed by atoms with van der Waals surface area (Å²) < 4.78 is 11.5. The number of ether oxygens (including phenoxy) is 2. The van der Waals surface area contributed by atoms with E-state index in [0.717, 1.165) is 44.6 Å². The predicted molar refractivity (Wildman–Crippen MR) is 62.5 cm³/mol. The van der Waals surface area contributed by atoms with E-state index >= 15 is 0 Å². The highest BCUT2D eigenvalue weighted by Crippen LogP contribution is 2.37. The van der Waals surface area contributed by atoms with E-state index in [-0.39, 0.29) is 5.60 Å². The summed E-state index contributed by atoms with van der Waals surface area (Å²) in [4.78, 5) is 0. The fourth-order valence-electron chi connectivity index (χ4n) is 3.02. The van der Waals surface area contributed by atoms with Gasteiger partial charge in [-0.2, -0.15) is 0 Å². The summed E-state index contributed by atoms with van der Waals surface area (Å²) in [5.74, 6) is 0.826. The smallest absolute Gasteiger partial charge is 0.0729 e. The Morgan fingerprint density at radius 2 is 1.88 bits per heavy atom. The molecule has 3 rings (SSSR count). The Bertz CT molecular complexity index is 229. The molecule has 1 aliphatic carbocycles. The van der Waals surface area contributed by atoms with Crippen LogP contribution >= 0.6 is 0 Å². The van der Waals surface area contributed by atoms with Crippen molar-refractivity contribution in [1.29, 1.82) is 0 Å². The summed E-state index contributed by atoms with van der Waals surface area (Å²) in [7, 11) is 0. The maximum atomic E-state index is 6.05. The molecular weight excluding hydrogens is 202 g/mol. The molecule has 0 aromatic carbocycles. The molecular formula is C13H23NO2. The Labute approximate surface area is 97.9 Å². The van der Waals surface area contributed by atoms with Gasteiger partial charge in [-0.15, -0.1) is 0 Å². The molecule has 3 fully saturated rings. The third-order valence-corrected chi connectivity index (χ3v) is 4.27. The summed E-state index contributed by atoms with van der Waals surface area (Å²) >= 11 is 0. The Morgan fingerprint density at radius 3 is 2.62 bits per heavy atom. The Kier molecular flexibility index (Phi) is 3.18. The van der Waals surface area contributed by atoms with Crippen LogP contribution in [0.4, 0.5) is 0 Å². The van der Waals surface area contributed by atoms with Crippen LogP contribution in [0.1, 0.15) is 38.5 Å². The van der Waals surface area contributed by atoms with Crippen molar-refractivity contribution in [3.8, 4) is 0 Å². The number of rotatable bonds is 3. The molecule has 2 heterocycles. The van der Waals surface area contributed by atoms with Crippen LogP contribution in [0, 0.1) is 5.92 Å². The maximum absolute atomic E-state index is 6.05. The first kappa shape index (κ1) is 11.0. The van der Waals surface area contributed by atoms with Crippen molar-refractivity contribution in [2.24, 2.45) is 5.92 Å². The lowest BCUT2D eigenvalue weighted by molar-refractivity contribution is -0.146. The minimum atomic E-state index is 0.173. The van der Waals surface area contributed by atoms with Crippen LogP contribution < -0.4 is 5.32 Å². The van der Waals surface area contributed by atoms with E-state index in [9.17, 15) is 0 Å². The Balaban J connectivity index is 1.51. The van der Waals surface area contributed by atoms with Crippen molar-refractivity contribution in [3.63, 3.8) is 0 Å². The van der Waals surface area contributed by atoms with Gasteiger partial charge in [0.2, 0.25) is 0 Å². The van der Waals surface area contributed by atoms with E-state index in [4.69, 9.17) is 9.47 Å². The lowest BCUT2D eigenvalue weighted by Gasteiger charge is -2.43. The lowest BCUT2D eigenvalue weighted by atomic mass is 9.81. The molecule has 0 radical (unpaired) electrons. The first-order valence-corrected chi connectivity index (χ1v) is 6.81. The molecule has 1 N–H and O–H groups in total. The lowest BCUT2D eigenvalue weighted by Crippen LogP contribution is -2.46. The third kappa shape index (κ3) is 2.58. The van der Waals surface area contributed by atoms with Gasteiger partial charge in [-0.05, 0) is 51.0 Å². The Morgan fingerprint density at radius 1 is 1.06 bits per heavy atom. The minimum Gasteiger partial charge on any atom is -0.381 e. The second-order valence-corrected chi connectivity index (χ2v) is 5.69. The Hall–Kier alpha value is -0.120. The molecule has 0 aromatic rings. The van der Waals surface area contributed by atoms with Crippen LogP contribution in [-0.4, -0.2) is 38.0 Å². The van der Waals surface area contributed by atoms with Gasteiger partial charge in [0.25, 0.3) is 0 Å². The first-order chi connectivity index (χ1) is 7.86. The van der Waals surface area contributed by atoms with Crippen molar-refractivity contribution >= 4 is 0 Å². The van der Waals surface area contributed by atoms with Crippen molar-refractivity contribution in [1.82, 2.24) is 5.32 Å². The van der Waals surface area contributed by atoms with Crippen LogP contribution in [-0.2, 0) is 9.47 Å². The summed E-state index contributed by atoms with van der Waals surface area (Å²) in [5.41, 5.74) is 0.173. The third-order valence-electron chi connectivity index (χ3n) is 4.27. The first-order valence-electron chi connectivity index (χ1n) is 6.81. The van der Waals surface area contributed by atoms with Gasteiger partial charge in [-0.1, -0.05) is 0 Å². The van der Waals surface area contributed by atoms with Gasteiger partial charge in [0.1, 0.15) is 0 Å². The summed E-state index contributed by atoms with van der Waals surface area (Å²) in [6.07, 6.45) is 7.47. The maximum Gasteiger partial charge on any atom is 0.0729 e. The van der Waals surface area contributed by atoms with Crippen molar-refractivity contribution in [3.05, 3.63) is 0 Å². The molecule has 0 aromatic heterocycles. The van der Waals surface area contributed by atoms with Crippen LogP contribution in [0.5, 0.6) is 0 Å². The standard InChI is InChI=1S/C13H23NO2/c1-2-12(1)14-10-11-3-6-16-13(9-11)4-7-15-8-5-13/h11-12,14H,1-10H2. The monoisotopic (exact) mass is 225 g/mol. The van der Waals surface area contributed by atoms with E-state index in [1.807, 2.05) is 0 Å². The molecule has 2 saturated heterocycles. The molecule has 3 heteroatoms. The zero-order chi connectivity index (χ0) is 10.8. The van der Waals surface area contributed by atoms with E-state index in [1.54, 1.807) is 0 Å². The second-order valence-electron chi connectivity index (χ2n) is 5.69.